The van der Waals surface area contributed by atoms with Gasteiger partial charge in [0.2, 0.25) is 5.88 Å². The molecule has 2 heterocycles. The lowest BCUT2D eigenvalue weighted by Crippen LogP contribution is -2.41. The van der Waals surface area contributed by atoms with Crippen molar-refractivity contribution >= 4 is 24.8 Å². The first-order valence-electron chi connectivity index (χ1n) is 7.06. The summed E-state index contributed by atoms with van der Waals surface area (Å²) in [5.74, 6) is 0.361. The molecule has 1 aliphatic heterocycles. The molecule has 0 radical (unpaired) electrons. The standard InChI is InChI=1S/C15H21BClNO4/c1-14(2)15(3,4)22-16(21-14)11(9-19)6-10-7-12(17)13(20-5)18-8-10/h6-8,19H,9H2,1-5H3. The highest BCUT2D eigenvalue weighted by Gasteiger charge is 2.52. The number of aliphatic hydroxyl groups excluding tert-OH is 1. The van der Waals surface area contributed by atoms with E-state index in [1.165, 1.54) is 7.11 Å². The van der Waals surface area contributed by atoms with E-state index >= 15 is 0 Å². The summed E-state index contributed by atoms with van der Waals surface area (Å²) in [6, 6.07) is 1.72. The molecule has 0 atom stereocenters. The van der Waals surface area contributed by atoms with Crippen LogP contribution in [0.1, 0.15) is 33.3 Å². The number of methoxy groups -OCH3 is 1. The number of rotatable bonds is 4. The van der Waals surface area contributed by atoms with E-state index in [-0.39, 0.29) is 6.61 Å². The lowest BCUT2D eigenvalue weighted by Gasteiger charge is -2.32. The van der Waals surface area contributed by atoms with Crippen molar-refractivity contribution in [3.05, 3.63) is 28.3 Å². The van der Waals surface area contributed by atoms with Crippen LogP contribution in [0.15, 0.2) is 17.7 Å². The number of hydrogen-bond donors (Lipinski definition) is 1. The summed E-state index contributed by atoms with van der Waals surface area (Å²) in [5, 5.41) is 10.1. The Balaban J connectivity index is 2.27. The fraction of sp³-hybridized carbons (Fsp3) is 0.533. The second-order valence-corrected chi connectivity index (χ2v) is 6.63. The molecule has 1 saturated heterocycles. The number of pyridine rings is 1. The Hall–Kier alpha value is -1.08. The number of hydrogen-bond acceptors (Lipinski definition) is 5. The zero-order valence-electron chi connectivity index (χ0n) is 13.5. The molecule has 2 rings (SSSR count). The summed E-state index contributed by atoms with van der Waals surface area (Å²) in [6.45, 7) is 7.68. The van der Waals surface area contributed by atoms with Gasteiger partial charge in [0.05, 0.1) is 24.9 Å². The maximum Gasteiger partial charge on any atom is 0.492 e. The van der Waals surface area contributed by atoms with Crippen molar-refractivity contribution < 1.29 is 19.2 Å². The van der Waals surface area contributed by atoms with Gasteiger partial charge in [0.15, 0.2) is 0 Å². The Kier molecular flexibility index (Phi) is 4.87. The Morgan fingerprint density at radius 1 is 1.36 bits per heavy atom. The summed E-state index contributed by atoms with van der Waals surface area (Å²) < 4.78 is 16.9. The van der Waals surface area contributed by atoms with Crippen LogP contribution in [-0.4, -0.2) is 42.1 Å². The molecule has 5 nitrogen and oxygen atoms in total. The van der Waals surface area contributed by atoms with E-state index in [0.717, 1.165) is 5.56 Å². The van der Waals surface area contributed by atoms with Gasteiger partial charge in [-0.05, 0) is 44.8 Å². The number of aliphatic hydroxyl groups is 1. The average molecular weight is 326 g/mol. The lowest BCUT2D eigenvalue weighted by atomic mass is 9.77. The van der Waals surface area contributed by atoms with Gasteiger partial charge in [-0.1, -0.05) is 17.7 Å². The van der Waals surface area contributed by atoms with E-state index in [4.69, 9.17) is 25.6 Å². The van der Waals surface area contributed by atoms with Crippen LogP contribution >= 0.6 is 11.6 Å². The lowest BCUT2D eigenvalue weighted by molar-refractivity contribution is 0.00578. The molecule has 0 aromatic carbocycles. The van der Waals surface area contributed by atoms with Crippen molar-refractivity contribution in [3.63, 3.8) is 0 Å². The summed E-state index contributed by atoms with van der Waals surface area (Å²) in [4.78, 5) is 4.11. The van der Waals surface area contributed by atoms with E-state index in [2.05, 4.69) is 4.98 Å². The number of nitrogens with zero attached hydrogens (tertiary/aromatic N) is 1. The molecule has 0 bridgehead atoms. The quantitative estimate of drug-likeness (QED) is 0.863. The molecule has 0 saturated carbocycles. The minimum atomic E-state index is -0.601. The van der Waals surface area contributed by atoms with Crippen molar-refractivity contribution in [2.45, 2.75) is 38.9 Å². The average Bonchev–Trinajstić information content (AvgIpc) is 2.65. The topological polar surface area (TPSA) is 60.8 Å². The second-order valence-electron chi connectivity index (χ2n) is 6.23. The fourth-order valence-electron chi connectivity index (χ4n) is 2.07. The van der Waals surface area contributed by atoms with Crippen LogP contribution in [0.3, 0.4) is 0 Å². The molecule has 1 aromatic heterocycles. The monoisotopic (exact) mass is 325 g/mol. The SMILES string of the molecule is COc1ncc(C=C(CO)B2OC(C)(C)C(C)(C)O2)cc1Cl. The highest BCUT2D eigenvalue weighted by Crippen LogP contribution is 2.38. The Labute approximate surface area is 136 Å². The van der Waals surface area contributed by atoms with Crippen molar-refractivity contribution in [1.29, 1.82) is 0 Å². The van der Waals surface area contributed by atoms with E-state index in [1.807, 2.05) is 27.7 Å². The second kappa shape index (κ2) is 6.20. The summed E-state index contributed by atoms with van der Waals surface area (Å²) in [5.41, 5.74) is 0.440. The molecule has 22 heavy (non-hydrogen) atoms. The molecule has 0 spiro atoms. The molecular formula is C15H21BClNO4. The minimum absolute atomic E-state index is 0.180. The van der Waals surface area contributed by atoms with Crippen molar-refractivity contribution in [2.75, 3.05) is 13.7 Å². The van der Waals surface area contributed by atoms with Gasteiger partial charge in [-0.15, -0.1) is 0 Å². The predicted molar refractivity (Wildman–Crippen MR) is 86.9 cm³/mol. The van der Waals surface area contributed by atoms with Gasteiger partial charge in [0, 0.05) is 6.20 Å². The summed E-state index contributed by atoms with van der Waals surface area (Å²) in [7, 11) is 0.906. The van der Waals surface area contributed by atoms with Crippen molar-refractivity contribution in [2.24, 2.45) is 0 Å². The molecule has 0 unspecified atom stereocenters. The number of aromatic nitrogens is 1. The fourth-order valence-corrected chi connectivity index (χ4v) is 2.32. The molecule has 0 amide bonds. The van der Waals surface area contributed by atoms with E-state index in [0.29, 0.717) is 16.4 Å². The predicted octanol–water partition coefficient (Wildman–Crippen LogP) is 2.75. The molecule has 1 aromatic rings. The maximum absolute atomic E-state index is 9.65. The van der Waals surface area contributed by atoms with E-state index in [1.54, 1.807) is 18.3 Å². The van der Waals surface area contributed by atoms with Crippen LogP contribution in [0.4, 0.5) is 0 Å². The molecular weight excluding hydrogens is 304 g/mol. The first-order valence-corrected chi connectivity index (χ1v) is 7.44. The zero-order valence-corrected chi connectivity index (χ0v) is 14.3. The molecule has 1 aliphatic rings. The van der Waals surface area contributed by atoms with Gasteiger partial charge in [0.25, 0.3) is 0 Å². The number of halogens is 1. The zero-order chi connectivity index (χ0) is 16.5. The third-order valence-corrected chi connectivity index (χ3v) is 4.38. The van der Waals surface area contributed by atoms with Crippen LogP contribution in [0, 0.1) is 0 Å². The first kappa shape index (κ1) is 17.3. The molecule has 120 valence electrons. The Morgan fingerprint density at radius 3 is 2.41 bits per heavy atom. The van der Waals surface area contributed by atoms with Crippen LogP contribution in [0.5, 0.6) is 5.88 Å². The molecule has 0 aliphatic carbocycles. The maximum atomic E-state index is 9.65. The smallest absolute Gasteiger partial charge is 0.480 e. The molecule has 1 N–H and O–H groups in total. The summed E-state index contributed by atoms with van der Waals surface area (Å²) >= 11 is 6.06. The van der Waals surface area contributed by atoms with Gasteiger partial charge in [-0.25, -0.2) is 4.98 Å². The van der Waals surface area contributed by atoms with E-state index < -0.39 is 18.3 Å². The third kappa shape index (κ3) is 3.30. The van der Waals surface area contributed by atoms with Gasteiger partial charge in [0.1, 0.15) is 5.02 Å². The Morgan fingerprint density at radius 2 is 1.95 bits per heavy atom. The van der Waals surface area contributed by atoms with Crippen molar-refractivity contribution in [1.82, 2.24) is 4.98 Å². The van der Waals surface area contributed by atoms with Crippen LogP contribution in [0.2, 0.25) is 5.02 Å². The van der Waals surface area contributed by atoms with Gasteiger partial charge in [-0.2, -0.15) is 0 Å². The van der Waals surface area contributed by atoms with Crippen LogP contribution < -0.4 is 4.74 Å². The normalized spacial score (nSPS) is 20.3. The van der Waals surface area contributed by atoms with Gasteiger partial charge < -0.3 is 19.2 Å². The molecule has 7 heteroatoms. The highest BCUT2D eigenvalue weighted by molar-refractivity contribution is 6.55. The first-order chi connectivity index (χ1) is 10.2. The number of ether oxygens (including phenoxy) is 1. The highest BCUT2D eigenvalue weighted by atomic mass is 35.5. The van der Waals surface area contributed by atoms with Crippen LogP contribution in [0.25, 0.3) is 6.08 Å². The van der Waals surface area contributed by atoms with E-state index in [9.17, 15) is 5.11 Å². The summed E-state index contributed by atoms with van der Waals surface area (Å²) in [6.07, 6.45) is 3.38. The third-order valence-electron chi connectivity index (χ3n) is 4.11. The minimum Gasteiger partial charge on any atom is -0.480 e. The van der Waals surface area contributed by atoms with Crippen molar-refractivity contribution in [3.8, 4) is 5.88 Å². The molecule has 1 fully saturated rings. The van der Waals surface area contributed by atoms with Crippen LogP contribution in [-0.2, 0) is 9.31 Å². The van der Waals surface area contributed by atoms with Gasteiger partial charge >= 0.3 is 7.12 Å². The van der Waals surface area contributed by atoms with Gasteiger partial charge in [-0.3, -0.25) is 0 Å². The Bertz CT molecular complexity index is 573. The largest absolute Gasteiger partial charge is 0.492 e.